The summed E-state index contributed by atoms with van der Waals surface area (Å²) in [4.78, 5) is 25.3. The third-order valence-corrected chi connectivity index (χ3v) is 4.95. The van der Waals surface area contributed by atoms with E-state index in [0.29, 0.717) is 36.6 Å². The number of aryl methyl sites for hydroxylation is 1. The highest BCUT2D eigenvalue weighted by Gasteiger charge is 2.18. The molecular formula is C20H25NO5S. The molecule has 1 aromatic heterocycles. The van der Waals surface area contributed by atoms with Crippen molar-refractivity contribution in [1.82, 2.24) is 0 Å². The first-order valence-electron chi connectivity index (χ1n) is 8.93. The minimum absolute atomic E-state index is 0.150. The van der Waals surface area contributed by atoms with Crippen LogP contribution in [-0.2, 0) is 16.0 Å². The zero-order valence-electron chi connectivity index (χ0n) is 15.9. The van der Waals surface area contributed by atoms with Gasteiger partial charge < -0.3 is 19.5 Å². The van der Waals surface area contributed by atoms with E-state index in [1.54, 1.807) is 20.1 Å². The number of carbonyl (C=O) groups excluding carboxylic acids is 2. The summed E-state index contributed by atoms with van der Waals surface area (Å²) in [6, 6.07) is 9.07. The second-order valence-electron chi connectivity index (χ2n) is 5.71. The molecule has 0 unspecified atom stereocenters. The summed E-state index contributed by atoms with van der Waals surface area (Å²) in [7, 11) is 1.61. The van der Waals surface area contributed by atoms with E-state index < -0.39 is 5.97 Å². The molecule has 0 fully saturated rings. The molecule has 0 radical (unpaired) electrons. The van der Waals surface area contributed by atoms with Gasteiger partial charge in [0, 0.05) is 11.3 Å². The fourth-order valence-corrected chi connectivity index (χ4v) is 3.35. The number of thiophene rings is 1. The Kier molecular flexibility index (Phi) is 8.13. The molecule has 0 aliphatic rings. The van der Waals surface area contributed by atoms with Crippen LogP contribution < -0.4 is 14.8 Å². The van der Waals surface area contributed by atoms with Crippen LogP contribution in [0, 0.1) is 0 Å². The average Bonchev–Trinajstić information content (AvgIpc) is 3.09. The molecular weight excluding hydrogens is 366 g/mol. The van der Waals surface area contributed by atoms with Crippen LogP contribution in [0.3, 0.4) is 0 Å². The van der Waals surface area contributed by atoms with Gasteiger partial charge >= 0.3 is 5.97 Å². The topological polar surface area (TPSA) is 73.9 Å². The maximum atomic E-state index is 12.2. The third-order valence-electron chi connectivity index (χ3n) is 3.76. The number of hydrogen-bond donors (Lipinski definition) is 1. The first-order chi connectivity index (χ1) is 13.1. The molecule has 2 rings (SSSR count). The lowest BCUT2D eigenvalue weighted by molar-refractivity contribution is -0.116. The number of amides is 1. The number of methoxy groups -OCH3 is 1. The Balaban J connectivity index is 1.82. The minimum atomic E-state index is -0.411. The van der Waals surface area contributed by atoms with Gasteiger partial charge in [-0.1, -0.05) is 6.92 Å². The van der Waals surface area contributed by atoms with E-state index in [2.05, 4.69) is 5.32 Å². The Labute approximate surface area is 163 Å². The lowest BCUT2D eigenvalue weighted by Crippen LogP contribution is -2.14. The first kappa shape index (κ1) is 20.8. The van der Waals surface area contributed by atoms with Crippen molar-refractivity contribution in [3.63, 3.8) is 0 Å². The summed E-state index contributed by atoms with van der Waals surface area (Å²) in [5, 5.41) is 3.37. The van der Waals surface area contributed by atoms with Crippen molar-refractivity contribution in [2.75, 3.05) is 25.6 Å². The lowest BCUT2D eigenvalue weighted by Gasteiger charge is -2.08. The number of rotatable bonds is 10. The van der Waals surface area contributed by atoms with Gasteiger partial charge in [-0.25, -0.2) is 4.79 Å². The molecule has 6 nitrogen and oxygen atoms in total. The van der Waals surface area contributed by atoms with Gasteiger partial charge in [0.1, 0.15) is 16.5 Å². The van der Waals surface area contributed by atoms with Crippen molar-refractivity contribution in [3.05, 3.63) is 40.8 Å². The monoisotopic (exact) mass is 391 g/mol. The highest BCUT2D eigenvalue weighted by molar-refractivity contribution is 7.16. The summed E-state index contributed by atoms with van der Waals surface area (Å²) in [5.74, 6) is 0.933. The second-order valence-corrected chi connectivity index (χ2v) is 6.84. The van der Waals surface area contributed by atoms with Crippen LogP contribution in [0.15, 0.2) is 30.3 Å². The van der Waals surface area contributed by atoms with Crippen molar-refractivity contribution in [2.24, 2.45) is 0 Å². The molecule has 2 aromatic rings. The van der Waals surface area contributed by atoms with E-state index in [0.717, 1.165) is 22.8 Å². The fourth-order valence-electron chi connectivity index (χ4n) is 2.35. The molecule has 1 amide bonds. The minimum Gasteiger partial charge on any atom is -0.497 e. The summed E-state index contributed by atoms with van der Waals surface area (Å²) in [6.45, 7) is 4.48. The van der Waals surface area contributed by atoms with Gasteiger partial charge in [0.05, 0.1) is 25.9 Å². The summed E-state index contributed by atoms with van der Waals surface area (Å²) < 4.78 is 15.8. The quantitative estimate of drug-likeness (QED) is 0.483. The third kappa shape index (κ3) is 6.29. The van der Waals surface area contributed by atoms with E-state index in [4.69, 9.17) is 14.2 Å². The summed E-state index contributed by atoms with van der Waals surface area (Å²) in [6.07, 6.45) is 1.67. The van der Waals surface area contributed by atoms with Gasteiger partial charge in [-0.15, -0.1) is 11.3 Å². The molecule has 146 valence electrons. The van der Waals surface area contributed by atoms with Crippen molar-refractivity contribution < 1.29 is 23.8 Å². The lowest BCUT2D eigenvalue weighted by atomic mass is 10.2. The molecule has 7 heteroatoms. The van der Waals surface area contributed by atoms with Gasteiger partial charge in [-0.05, 0) is 50.1 Å². The smallest absolute Gasteiger partial charge is 0.341 e. The fraction of sp³-hybridized carbons (Fsp3) is 0.400. The number of carbonyl (C=O) groups is 2. The molecule has 0 bridgehead atoms. The Bertz CT molecular complexity index is 754. The Morgan fingerprint density at radius 2 is 1.81 bits per heavy atom. The van der Waals surface area contributed by atoms with Gasteiger partial charge in [0.15, 0.2) is 0 Å². The molecule has 0 atom stereocenters. The molecule has 27 heavy (non-hydrogen) atoms. The van der Waals surface area contributed by atoms with Crippen LogP contribution in [0.5, 0.6) is 11.5 Å². The molecule has 0 aliphatic heterocycles. The maximum Gasteiger partial charge on any atom is 0.341 e. The number of anilines is 1. The number of nitrogens with one attached hydrogen (secondary N) is 1. The summed E-state index contributed by atoms with van der Waals surface area (Å²) >= 11 is 1.41. The van der Waals surface area contributed by atoms with Gasteiger partial charge in [-0.2, -0.15) is 0 Å². The van der Waals surface area contributed by atoms with Gasteiger partial charge in [0.2, 0.25) is 5.91 Å². The van der Waals surface area contributed by atoms with Crippen molar-refractivity contribution in [3.8, 4) is 11.5 Å². The largest absolute Gasteiger partial charge is 0.497 e. The van der Waals surface area contributed by atoms with Gasteiger partial charge in [-0.3, -0.25) is 4.79 Å². The highest BCUT2D eigenvalue weighted by atomic mass is 32.1. The van der Waals surface area contributed by atoms with Crippen LogP contribution in [0.4, 0.5) is 5.00 Å². The molecule has 0 saturated heterocycles. The number of hydrogen-bond acceptors (Lipinski definition) is 6. The molecule has 1 heterocycles. The van der Waals surface area contributed by atoms with E-state index >= 15 is 0 Å². The normalized spacial score (nSPS) is 10.3. The average molecular weight is 391 g/mol. The Morgan fingerprint density at radius 3 is 2.44 bits per heavy atom. The van der Waals surface area contributed by atoms with Crippen LogP contribution in [0.2, 0.25) is 0 Å². The number of esters is 1. The Morgan fingerprint density at radius 1 is 1.11 bits per heavy atom. The molecule has 0 aliphatic carbocycles. The van der Waals surface area contributed by atoms with Crippen LogP contribution in [-0.4, -0.2) is 32.2 Å². The van der Waals surface area contributed by atoms with Crippen molar-refractivity contribution >= 4 is 28.2 Å². The molecule has 1 aromatic carbocycles. The van der Waals surface area contributed by atoms with Crippen LogP contribution in [0.25, 0.3) is 0 Å². The van der Waals surface area contributed by atoms with E-state index in [-0.39, 0.29) is 5.91 Å². The first-order valence-corrected chi connectivity index (χ1v) is 9.75. The maximum absolute atomic E-state index is 12.2. The van der Waals surface area contributed by atoms with Crippen molar-refractivity contribution in [1.29, 1.82) is 0 Å². The van der Waals surface area contributed by atoms with E-state index in [1.807, 2.05) is 31.2 Å². The second kappa shape index (κ2) is 10.6. The predicted octanol–water partition coefficient (Wildman–Crippen LogP) is 4.29. The summed E-state index contributed by atoms with van der Waals surface area (Å²) in [5.41, 5.74) is 0.418. The van der Waals surface area contributed by atoms with Gasteiger partial charge in [0.25, 0.3) is 0 Å². The molecule has 1 N–H and O–H groups in total. The number of benzene rings is 1. The Hall–Kier alpha value is -2.54. The zero-order valence-corrected chi connectivity index (χ0v) is 16.7. The van der Waals surface area contributed by atoms with Crippen molar-refractivity contribution in [2.45, 2.75) is 33.1 Å². The van der Waals surface area contributed by atoms with Crippen LogP contribution in [0.1, 0.15) is 41.9 Å². The van der Waals surface area contributed by atoms with E-state index in [1.165, 1.54) is 11.3 Å². The standard InChI is InChI=1S/C20H25NO5S/c1-4-16-13-17(20(23)25-5-2)19(27-16)21-18(22)7-6-12-26-15-10-8-14(24-3)9-11-15/h8-11,13H,4-7,12H2,1-3H3,(H,21,22). The zero-order chi connectivity index (χ0) is 19.6. The van der Waals surface area contributed by atoms with Crippen LogP contribution >= 0.6 is 11.3 Å². The molecule has 0 spiro atoms. The predicted molar refractivity (Wildman–Crippen MR) is 106 cm³/mol. The molecule has 0 saturated carbocycles. The van der Waals surface area contributed by atoms with E-state index in [9.17, 15) is 9.59 Å². The highest BCUT2D eigenvalue weighted by Crippen LogP contribution is 2.29. The number of ether oxygens (including phenoxy) is 3. The SMILES string of the molecule is CCOC(=O)c1cc(CC)sc1NC(=O)CCCOc1ccc(OC)cc1.